The Balaban J connectivity index is 1.85. The predicted octanol–water partition coefficient (Wildman–Crippen LogP) is 2.91. The zero-order valence-corrected chi connectivity index (χ0v) is 12.0. The Morgan fingerprint density at radius 1 is 1.42 bits per heavy atom. The van der Waals surface area contributed by atoms with Crippen LogP contribution in [0.15, 0.2) is 29.1 Å². The maximum Gasteiger partial charge on any atom is 0.165 e. The highest BCUT2D eigenvalue weighted by Crippen LogP contribution is 2.30. The van der Waals surface area contributed by atoms with Gasteiger partial charge in [0, 0.05) is 30.9 Å². The maximum absolute atomic E-state index is 9.18. The molecule has 1 fully saturated rings. The van der Waals surface area contributed by atoms with Crippen LogP contribution in [0.1, 0.15) is 29.7 Å². The van der Waals surface area contributed by atoms with E-state index >= 15 is 0 Å². The van der Waals surface area contributed by atoms with Crippen molar-refractivity contribution in [2.45, 2.75) is 25.8 Å². The van der Waals surface area contributed by atoms with Gasteiger partial charge in [-0.3, -0.25) is 4.68 Å². The molecule has 5 heteroatoms. The summed E-state index contributed by atoms with van der Waals surface area (Å²) >= 11 is 3.44. The summed E-state index contributed by atoms with van der Waals surface area (Å²) in [6, 6.07) is 6.10. The van der Waals surface area contributed by atoms with Crippen LogP contribution in [-0.4, -0.2) is 14.8 Å². The molecule has 0 bridgehead atoms. The lowest BCUT2D eigenvalue weighted by molar-refractivity contribution is 0.561. The molecular weight excluding hydrogens is 304 g/mol. The van der Waals surface area contributed by atoms with Crippen LogP contribution in [0.3, 0.4) is 0 Å². The first kappa shape index (κ1) is 12.4. The van der Waals surface area contributed by atoms with Gasteiger partial charge in [-0.1, -0.05) is 6.07 Å². The molecule has 0 saturated heterocycles. The van der Waals surface area contributed by atoms with Gasteiger partial charge in [0.25, 0.3) is 0 Å². The van der Waals surface area contributed by atoms with Gasteiger partial charge in [-0.25, -0.2) is 4.98 Å². The minimum absolute atomic E-state index is 0.524. The quantitative estimate of drug-likeness (QED) is 0.815. The summed E-state index contributed by atoms with van der Waals surface area (Å²) in [5.41, 5.74) is 2.57. The highest BCUT2D eigenvalue weighted by molar-refractivity contribution is 9.10. The third-order valence-corrected chi connectivity index (χ3v) is 4.02. The predicted molar refractivity (Wildman–Crippen MR) is 74.4 cm³/mol. The van der Waals surface area contributed by atoms with Crippen molar-refractivity contribution in [3.8, 4) is 6.07 Å². The first-order valence-corrected chi connectivity index (χ1v) is 7.11. The van der Waals surface area contributed by atoms with Gasteiger partial charge in [-0.2, -0.15) is 10.4 Å². The van der Waals surface area contributed by atoms with Gasteiger partial charge < -0.3 is 0 Å². The summed E-state index contributed by atoms with van der Waals surface area (Å²) in [5, 5.41) is 13.5. The van der Waals surface area contributed by atoms with Gasteiger partial charge in [0.15, 0.2) is 5.69 Å². The topological polar surface area (TPSA) is 54.5 Å². The SMILES string of the molecule is N#Cc1nn(CC2CC2)cc1Cc1cccnc1Br. The molecule has 0 spiro atoms. The smallest absolute Gasteiger partial charge is 0.165 e. The molecule has 0 aromatic carbocycles. The summed E-state index contributed by atoms with van der Waals surface area (Å²) in [5.74, 6) is 0.754. The third-order valence-electron chi connectivity index (χ3n) is 3.30. The molecule has 4 nitrogen and oxygen atoms in total. The molecule has 0 aliphatic heterocycles. The molecule has 19 heavy (non-hydrogen) atoms. The number of hydrogen-bond acceptors (Lipinski definition) is 3. The van der Waals surface area contributed by atoms with Crippen molar-refractivity contribution >= 4 is 15.9 Å². The Morgan fingerprint density at radius 2 is 2.26 bits per heavy atom. The zero-order chi connectivity index (χ0) is 13.2. The van der Waals surface area contributed by atoms with Crippen LogP contribution in [0.4, 0.5) is 0 Å². The van der Waals surface area contributed by atoms with Crippen LogP contribution >= 0.6 is 15.9 Å². The average Bonchev–Trinajstić information content (AvgIpc) is 3.13. The van der Waals surface area contributed by atoms with E-state index in [1.54, 1.807) is 6.20 Å². The molecule has 1 saturated carbocycles. The van der Waals surface area contributed by atoms with E-state index in [9.17, 15) is 5.26 Å². The van der Waals surface area contributed by atoms with Gasteiger partial charge >= 0.3 is 0 Å². The molecule has 0 unspecified atom stereocenters. The largest absolute Gasteiger partial charge is 0.271 e. The fourth-order valence-corrected chi connectivity index (χ4v) is 2.49. The highest BCUT2D eigenvalue weighted by atomic mass is 79.9. The molecule has 2 aromatic rings. The molecule has 0 atom stereocenters. The second-order valence-corrected chi connectivity index (χ2v) is 5.66. The number of halogens is 1. The van der Waals surface area contributed by atoms with Gasteiger partial charge in [-0.05, 0) is 46.3 Å². The Bertz CT molecular complexity index is 637. The molecule has 2 heterocycles. The van der Waals surface area contributed by atoms with Crippen LogP contribution in [-0.2, 0) is 13.0 Å². The van der Waals surface area contributed by atoms with Gasteiger partial charge in [0.2, 0.25) is 0 Å². The van der Waals surface area contributed by atoms with Crippen LogP contribution in [0.25, 0.3) is 0 Å². The Hall–Kier alpha value is -1.67. The van der Waals surface area contributed by atoms with Crippen molar-refractivity contribution in [2.24, 2.45) is 5.92 Å². The van der Waals surface area contributed by atoms with Gasteiger partial charge in [0.05, 0.1) is 0 Å². The second-order valence-electron chi connectivity index (χ2n) is 4.91. The Labute approximate surface area is 120 Å². The first-order chi connectivity index (χ1) is 9.26. The van der Waals surface area contributed by atoms with Crippen molar-refractivity contribution < 1.29 is 0 Å². The van der Waals surface area contributed by atoms with E-state index in [1.807, 2.05) is 23.0 Å². The van der Waals surface area contributed by atoms with Gasteiger partial charge in [0.1, 0.15) is 10.7 Å². The lowest BCUT2D eigenvalue weighted by Gasteiger charge is -2.01. The molecular formula is C14H13BrN4. The highest BCUT2D eigenvalue weighted by Gasteiger charge is 2.23. The van der Waals surface area contributed by atoms with E-state index in [0.717, 1.165) is 28.2 Å². The Morgan fingerprint density at radius 3 is 2.95 bits per heavy atom. The molecule has 2 aromatic heterocycles. The van der Waals surface area contributed by atoms with E-state index in [0.29, 0.717) is 12.1 Å². The number of hydrogen-bond donors (Lipinski definition) is 0. The van der Waals surface area contributed by atoms with Crippen LogP contribution in [0.2, 0.25) is 0 Å². The van der Waals surface area contributed by atoms with Gasteiger partial charge in [-0.15, -0.1) is 0 Å². The summed E-state index contributed by atoms with van der Waals surface area (Å²) in [4.78, 5) is 4.20. The Kier molecular flexibility index (Phi) is 3.34. The van der Waals surface area contributed by atoms with E-state index in [4.69, 9.17) is 0 Å². The zero-order valence-electron chi connectivity index (χ0n) is 10.4. The van der Waals surface area contributed by atoms with Crippen LogP contribution in [0, 0.1) is 17.2 Å². The molecule has 0 N–H and O–H groups in total. The molecule has 1 aliphatic rings. The number of rotatable bonds is 4. The molecule has 1 aliphatic carbocycles. The van der Waals surface area contributed by atoms with E-state index in [2.05, 4.69) is 32.1 Å². The lowest BCUT2D eigenvalue weighted by Crippen LogP contribution is -2.00. The van der Waals surface area contributed by atoms with Crippen molar-refractivity contribution in [2.75, 3.05) is 0 Å². The minimum Gasteiger partial charge on any atom is -0.271 e. The summed E-state index contributed by atoms with van der Waals surface area (Å²) in [6.07, 6.45) is 6.99. The average molecular weight is 317 g/mol. The summed E-state index contributed by atoms with van der Waals surface area (Å²) in [7, 11) is 0. The summed E-state index contributed by atoms with van der Waals surface area (Å²) in [6.45, 7) is 0.933. The van der Waals surface area contributed by atoms with E-state index < -0.39 is 0 Å². The second kappa shape index (κ2) is 5.14. The molecule has 96 valence electrons. The molecule has 0 radical (unpaired) electrons. The number of aromatic nitrogens is 3. The number of pyridine rings is 1. The normalized spacial score (nSPS) is 14.3. The standard InChI is InChI=1S/C14H13BrN4/c15-14-11(2-1-5-17-14)6-12-9-19(8-10-3-4-10)18-13(12)7-16/h1-2,5,9-10H,3-4,6,8H2. The fourth-order valence-electron chi connectivity index (χ4n) is 2.10. The number of nitriles is 1. The van der Waals surface area contributed by atoms with Crippen molar-refractivity contribution in [3.63, 3.8) is 0 Å². The van der Waals surface area contributed by atoms with Crippen molar-refractivity contribution in [1.29, 1.82) is 5.26 Å². The van der Waals surface area contributed by atoms with Crippen LogP contribution in [0.5, 0.6) is 0 Å². The van der Waals surface area contributed by atoms with E-state index in [1.165, 1.54) is 12.8 Å². The van der Waals surface area contributed by atoms with Crippen LogP contribution < -0.4 is 0 Å². The maximum atomic E-state index is 9.18. The third kappa shape index (κ3) is 2.85. The van der Waals surface area contributed by atoms with E-state index in [-0.39, 0.29) is 0 Å². The monoisotopic (exact) mass is 316 g/mol. The molecule has 3 rings (SSSR count). The fraction of sp³-hybridized carbons (Fsp3) is 0.357. The summed E-state index contributed by atoms with van der Waals surface area (Å²) < 4.78 is 2.74. The minimum atomic E-state index is 0.524. The first-order valence-electron chi connectivity index (χ1n) is 6.32. The van der Waals surface area contributed by atoms with Crippen molar-refractivity contribution in [3.05, 3.63) is 46.0 Å². The lowest BCUT2D eigenvalue weighted by atomic mass is 10.1. The van der Waals surface area contributed by atoms with Crippen molar-refractivity contribution in [1.82, 2.24) is 14.8 Å². The molecule has 0 amide bonds. The number of nitrogens with zero attached hydrogens (tertiary/aromatic N) is 4.